The first-order valence-electron chi connectivity index (χ1n) is 13.6. The minimum atomic E-state index is -0.465. The van der Waals surface area contributed by atoms with Crippen molar-refractivity contribution in [3.63, 3.8) is 0 Å². The minimum absolute atomic E-state index is 0.0362. The second-order valence-corrected chi connectivity index (χ2v) is 12.6. The van der Waals surface area contributed by atoms with Gasteiger partial charge in [-0.3, -0.25) is 19.2 Å². The third-order valence-electron chi connectivity index (χ3n) is 9.65. The maximum Gasteiger partial charge on any atom is 0.311 e. The molecule has 0 amide bonds. The van der Waals surface area contributed by atoms with Crippen molar-refractivity contribution in [2.75, 3.05) is 0 Å². The molecule has 2 heterocycles. The van der Waals surface area contributed by atoms with E-state index in [2.05, 4.69) is 6.92 Å². The first kappa shape index (κ1) is 26.9. The van der Waals surface area contributed by atoms with Crippen LogP contribution in [0.2, 0.25) is 0 Å². The Kier molecular flexibility index (Phi) is 7.21. The number of esters is 4. The first-order valence-corrected chi connectivity index (χ1v) is 13.6. The summed E-state index contributed by atoms with van der Waals surface area (Å²) in [5.41, 5.74) is -0.924. The van der Waals surface area contributed by atoms with Gasteiger partial charge in [0, 0.05) is 18.3 Å². The zero-order valence-electron chi connectivity index (χ0n) is 22.7. The molecule has 3 aliphatic carbocycles. The lowest BCUT2D eigenvalue weighted by molar-refractivity contribution is -0.171. The van der Waals surface area contributed by atoms with E-state index in [0.29, 0.717) is 12.3 Å². The molecule has 0 aromatic carbocycles. The van der Waals surface area contributed by atoms with E-state index in [-0.39, 0.29) is 72.0 Å². The maximum absolute atomic E-state index is 12.2. The quantitative estimate of drug-likeness (QED) is 0.389. The summed E-state index contributed by atoms with van der Waals surface area (Å²) in [6, 6.07) is 0. The zero-order valence-corrected chi connectivity index (χ0v) is 22.7. The lowest BCUT2D eigenvalue weighted by Crippen LogP contribution is -2.42. The molecule has 0 N–H and O–H groups in total. The predicted molar refractivity (Wildman–Crippen MR) is 129 cm³/mol. The average molecular weight is 507 g/mol. The van der Waals surface area contributed by atoms with Crippen LogP contribution in [0.25, 0.3) is 0 Å². The number of rotatable bonds is 6. The van der Waals surface area contributed by atoms with Crippen LogP contribution in [0.1, 0.15) is 87.0 Å². The number of fused-ring (bicyclic) bond motifs is 3. The van der Waals surface area contributed by atoms with Gasteiger partial charge in [-0.15, -0.1) is 0 Å². The smallest absolute Gasteiger partial charge is 0.311 e. The number of hydrogen-bond donors (Lipinski definition) is 0. The Balaban J connectivity index is 0.000000170. The van der Waals surface area contributed by atoms with E-state index in [1.165, 1.54) is 0 Å². The fourth-order valence-electron chi connectivity index (χ4n) is 6.19. The largest absolute Gasteiger partial charge is 0.458 e. The van der Waals surface area contributed by atoms with Crippen LogP contribution in [0.15, 0.2) is 0 Å². The third-order valence-corrected chi connectivity index (χ3v) is 9.65. The SMILES string of the molecule is CCC(C)(C)C(=O)OC1C2CC3C1OC(=O)C3C2C.CCC(C)(C)C(=O)OC1CCC2CC1OC2=O. The average Bonchev–Trinajstić information content (AvgIpc) is 3.52. The Morgan fingerprint density at radius 3 is 2.08 bits per heavy atom. The number of carbonyl (C=O) groups excluding carboxylic acids is 4. The Morgan fingerprint density at radius 2 is 1.47 bits per heavy atom. The fraction of sp³-hybridized carbons (Fsp3) is 0.857. The predicted octanol–water partition coefficient (Wildman–Crippen LogP) is 4.22. The summed E-state index contributed by atoms with van der Waals surface area (Å²) in [6.45, 7) is 13.6. The van der Waals surface area contributed by atoms with Crippen molar-refractivity contribution in [2.45, 2.75) is 111 Å². The van der Waals surface area contributed by atoms with E-state index in [1.807, 2.05) is 41.5 Å². The summed E-state index contributed by atoms with van der Waals surface area (Å²) in [5.74, 6) is 0.363. The van der Waals surface area contributed by atoms with Crippen molar-refractivity contribution in [1.82, 2.24) is 0 Å². The summed E-state index contributed by atoms with van der Waals surface area (Å²) in [6.07, 6.45) is 3.83. The molecule has 9 atom stereocenters. The molecular weight excluding hydrogens is 464 g/mol. The molecule has 0 aromatic rings. The fourth-order valence-corrected chi connectivity index (χ4v) is 6.19. The standard InChI is InChI=1S/C15H22O4.C13H20O4/c1-5-15(3,4)14(17)19-11-8-6-9-10(7(8)2)13(16)18-12(9)11;1-4-13(2,3)12(15)17-9-6-5-8-7-10(9)16-11(8)14/h7-12H,5-6H2,1-4H3;8-10H,4-7H2,1-3H3. The molecule has 9 unspecified atom stereocenters. The van der Waals surface area contributed by atoms with Gasteiger partial charge in [0.15, 0.2) is 0 Å². The summed E-state index contributed by atoms with van der Waals surface area (Å²) in [4.78, 5) is 47.4. The highest BCUT2D eigenvalue weighted by Crippen LogP contribution is 2.58. The van der Waals surface area contributed by atoms with Crippen molar-refractivity contribution < 1.29 is 38.1 Å². The number of hydrogen-bond acceptors (Lipinski definition) is 8. The molecule has 202 valence electrons. The highest BCUT2D eigenvalue weighted by molar-refractivity contribution is 5.79. The molecule has 0 aromatic heterocycles. The van der Waals surface area contributed by atoms with Crippen LogP contribution < -0.4 is 0 Å². The second-order valence-electron chi connectivity index (χ2n) is 12.6. The van der Waals surface area contributed by atoms with Crippen LogP contribution >= 0.6 is 0 Å². The van der Waals surface area contributed by atoms with Gasteiger partial charge in [-0.25, -0.2) is 0 Å². The van der Waals surface area contributed by atoms with Crippen molar-refractivity contribution in [1.29, 1.82) is 0 Å². The lowest BCUT2D eigenvalue weighted by atomic mass is 9.79. The Hall–Kier alpha value is -2.12. The Labute approximate surface area is 214 Å². The Morgan fingerprint density at radius 1 is 0.861 bits per heavy atom. The molecule has 5 rings (SSSR count). The van der Waals surface area contributed by atoms with Crippen molar-refractivity contribution in [3.8, 4) is 0 Å². The van der Waals surface area contributed by atoms with Crippen molar-refractivity contribution >= 4 is 23.9 Å². The summed E-state index contributed by atoms with van der Waals surface area (Å²) in [7, 11) is 0. The number of ether oxygens (including phenoxy) is 4. The minimum Gasteiger partial charge on any atom is -0.458 e. The van der Waals surface area contributed by atoms with E-state index in [1.54, 1.807) is 0 Å². The van der Waals surface area contributed by atoms with E-state index in [0.717, 1.165) is 32.1 Å². The molecule has 8 heteroatoms. The van der Waals surface area contributed by atoms with Gasteiger partial charge in [0.1, 0.15) is 24.4 Å². The molecule has 5 aliphatic rings. The van der Waals surface area contributed by atoms with Gasteiger partial charge in [-0.2, -0.15) is 0 Å². The van der Waals surface area contributed by atoms with Crippen LogP contribution in [-0.2, 0) is 38.1 Å². The van der Waals surface area contributed by atoms with Crippen LogP contribution in [0.3, 0.4) is 0 Å². The van der Waals surface area contributed by atoms with E-state index >= 15 is 0 Å². The molecule has 3 saturated carbocycles. The Bertz CT molecular complexity index is 907. The van der Waals surface area contributed by atoms with E-state index < -0.39 is 10.8 Å². The molecule has 0 spiro atoms. The van der Waals surface area contributed by atoms with Gasteiger partial charge in [0.25, 0.3) is 0 Å². The van der Waals surface area contributed by atoms with E-state index in [9.17, 15) is 19.2 Å². The maximum atomic E-state index is 12.2. The summed E-state index contributed by atoms with van der Waals surface area (Å²) in [5, 5.41) is 0. The van der Waals surface area contributed by atoms with Crippen LogP contribution in [-0.4, -0.2) is 48.3 Å². The topological polar surface area (TPSA) is 105 Å². The van der Waals surface area contributed by atoms with Crippen molar-refractivity contribution in [3.05, 3.63) is 0 Å². The molecule has 0 radical (unpaired) electrons. The molecule has 2 saturated heterocycles. The molecular formula is C28H42O8. The van der Waals surface area contributed by atoms with E-state index in [4.69, 9.17) is 18.9 Å². The molecule has 4 bridgehead atoms. The monoisotopic (exact) mass is 506 g/mol. The van der Waals surface area contributed by atoms with Gasteiger partial charge in [0.2, 0.25) is 0 Å². The van der Waals surface area contributed by atoms with Crippen LogP contribution in [0.5, 0.6) is 0 Å². The number of carbonyl (C=O) groups is 4. The zero-order chi connectivity index (χ0) is 26.6. The van der Waals surface area contributed by atoms with Gasteiger partial charge >= 0.3 is 23.9 Å². The van der Waals surface area contributed by atoms with Crippen LogP contribution in [0, 0.1) is 40.4 Å². The van der Waals surface area contributed by atoms with Gasteiger partial charge < -0.3 is 18.9 Å². The summed E-state index contributed by atoms with van der Waals surface area (Å²) >= 11 is 0. The first-order chi connectivity index (χ1) is 16.8. The van der Waals surface area contributed by atoms with Crippen molar-refractivity contribution in [2.24, 2.45) is 40.4 Å². The third kappa shape index (κ3) is 4.65. The lowest BCUT2D eigenvalue weighted by Gasteiger charge is -2.32. The van der Waals surface area contributed by atoms with Gasteiger partial charge in [-0.05, 0) is 65.7 Å². The molecule has 8 nitrogen and oxygen atoms in total. The van der Waals surface area contributed by atoms with Gasteiger partial charge in [-0.1, -0.05) is 20.8 Å². The highest BCUT2D eigenvalue weighted by Gasteiger charge is 2.66. The molecule has 5 fully saturated rings. The molecule has 2 aliphatic heterocycles. The van der Waals surface area contributed by atoms with Gasteiger partial charge in [0.05, 0.1) is 22.7 Å². The highest BCUT2D eigenvalue weighted by atomic mass is 16.6. The van der Waals surface area contributed by atoms with Crippen LogP contribution in [0.4, 0.5) is 0 Å². The summed E-state index contributed by atoms with van der Waals surface area (Å²) < 4.78 is 21.9. The second kappa shape index (κ2) is 9.64. The molecule has 36 heavy (non-hydrogen) atoms. The normalized spacial score (nSPS) is 38.1.